The normalized spacial score (nSPS) is 10.2. The number of nitrogens with one attached hydrogen (secondary N) is 2. The summed E-state index contributed by atoms with van der Waals surface area (Å²) in [5.74, 6) is -0.463. The fourth-order valence-electron chi connectivity index (χ4n) is 2.17. The molecule has 0 aliphatic heterocycles. The number of benzene rings is 1. The van der Waals surface area contributed by atoms with Crippen molar-refractivity contribution in [1.82, 2.24) is 5.32 Å². The van der Waals surface area contributed by atoms with Crippen LogP contribution >= 0.6 is 0 Å². The highest BCUT2D eigenvalue weighted by Gasteiger charge is 2.12. The SMILES string of the molecule is CCCCCCCNC(=O)C(=O)Nc1ccc(OCCCC)cc1. The van der Waals surface area contributed by atoms with Crippen LogP contribution in [-0.4, -0.2) is 25.0 Å². The van der Waals surface area contributed by atoms with Crippen molar-refractivity contribution in [2.45, 2.75) is 58.8 Å². The van der Waals surface area contributed by atoms with Gasteiger partial charge in [0.2, 0.25) is 0 Å². The highest BCUT2D eigenvalue weighted by Crippen LogP contribution is 2.16. The summed E-state index contributed by atoms with van der Waals surface area (Å²) in [4.78, 5) is 23.5. The summed E-state index contributed by atoms with van der Waals surface area (Å²) in [7, 11) is 0. The van der Waals surface area contributed by atoms with Gasteiger partial charge in [-0.3, -0.25) is 9.59 Å². The van der Waals surface area contributed by atoms with E-state index in [1.807, 2.05) is 0 Å². The first-order valence-corrected chi connectivity index (χ1v) is 8.99. The third kappa shape index (κ3) is 8.56. The molecule has 0 saturated heterocycles. The predicted octanol–water partition coefficient (Wildman–Crippen LogP) is 3.89. The van der Waals surface area contributed by atoms with Gasteiger partial charge in [0.15, 0.2) is 0 Å². The van der Waals surface area contributed by atoms with Crippen molar-refractivity contribution in [2.24, 2.45) is 0 Å². The molecular formula is C19H30N2O3. The van der Waals surface area contributed by atoms with Crippen molar-refractivity contribution in [3.63, 3.8) is 0 Å². The Hall–Kier alpha value is -2.04. The lowest BCUT2D eigenvalue weighted by Gasteiger charge is -2.08. The molecule has 0 unspecified atom stereocenters. The Balaban J connectivity index is 2.26. The van der Waals surface area contributed by atoms with Crippen LogP contribution in [0, 0.1) is 0 Å². The van der Waals surface area contributed by atoms with Crippen LogP contribution in [0.4, 0.5) is 5.69 Å². The van der Waals surface area contributed by atoms with Gasteiger partial charge in [-0.2, -0.15) is 0 Å². The second-order valence-electron chi connectivity index (χ2n) is 5.85. The van der Waals surface area contributed by atoms with Crippen LogP contribution in [0.2, 0.25) is 0 Å². The molecule has 5 nitrogen and oxygen atoms in total. The summed E-state index contributed by atoms with van der Waals surface area (Å²) >= 11 is 0. The van der Waals surface area contributed by atoms with Crippen LogP contribution in [0.1, 0.15) is 58.8 Å². The molecule has 0 heterocycles. The Bertz CT molecular complexity index is 486. The first-order valence-electron chi connectivity index (χ1n) is 8.99. The Kier molecular flexibility index (Phi) is 10.3. The van der Waals surface area contributed by atoms with Crippen molar-refractivity contribution >= 4 is 17.5 Å². The quantitative estimate of drug-likeness (QED) is 0.476. The number of carbonyl (C=O) groups is 2. The van der Waals surface area contributed by atoms with Crippen LogP contribution in [0.3, 0.4) is 0 Å². The largest absolute Gasteiger partial charge is 0.494 e. The van der Waals surface area contributed by atoms with Crippen molar-refractivity contribution in [3.05, 3.63) is 24.3 Å². The molecule has 134 valence electrons. The van der Waals surface area contributed by atoms with Crippen LogP contribution < -0.4 is 15.4 Å². The standard InChI is InChI=1S/C19H30N2O3/c1-3-5-7-8-9-14-20-18(22)19(23)21-16-10-12-17(13-11-16)24-15-6-4-2/h10-13H,3-9,14-15H2,1-2H3,(H,20,22)(H,21,23). The third-order valence-electron chi connectivity index (χ3n) is 3.65. The smallest absolute Gasteiger partial charge is 0.313 e. The van der Waals surface area contributed by atoms with E-state index in [-0.39, 0.29) is 0 Å². The van der Waals surface area contributed by atoms with Gasteiger partial charge in [-0.25, -0.2) is 0 Å². The van der Waals surface area contributed by atoms with Gasteiger partial charge in [-0.1, -0.05) is 46.0 Å². The van der Waals surface area contributed by atoms with Gasteiger partial charge in [-0.15, -0.1) is 0 Å². The fourth-order valence-corrected chi connectivity index (χ4v) is 2.17. The van der Waals surface area contributed by atoms with Crippen LogP contribution in [0.25, 0.3) is 0 Å². The van der Waals surface area contributed by atoms with E-state index >= 15 is 0 Å². The minimum atomic E-state index is -0.636. The zero-order valence-corrected chi connectivity index (χ0v) is 14.9. The third-order valence-corrected chi connectivity index (χ3v) is 3.65. The molecule has 1 aromatic carbocycles. The maximum Gasteiger partial charge on any atom is 0.313 e. The van der Waals surface area contributed by atoms with Gasteiger partial charge in [0.1, 0.15) is 5.75 Å². The molecule has 0 aliphatic rings. The zero-order chi connectivity index (χ0) is 17.6. The van der Waals surface area contributed by atoms with Gasteiger partial charge >= 0.3 is 11.8 Å². The summed E-state index contributed by atoms with van der Waals surface area (Å²) in [6.07, 6.45) is 7.66. The van der Waals surface area contributed by atoms with E-state index in [4.69, 9.17) is 4.74 Å². The maximum absolute atomic E-state index is 11.8. The molecule has 2 amide bonds. The summed E-state index contributed by atoms with van der Waals surface area (Å²) < 4.78 is 5.56. The van der Waals surface area contributed by atoms with Gasteiger partial charge in [0.05, 0.1) is 6.61 Å². The van der Waals surface area contributed by atoms with E-state index in [1.54, 1.807) is 24.3 Å². The monoisotopic (exact) mass is 334 g/mol. The summed E-state index contributed by atoms with van der Waals surface area (Å²) in [5, 5.41) is 5.24. The second kappa shape index (κ2) is 12.4. The molecule has 0 bridgehead atoms. The Labute approximate surface area is 145 Å². The average molecular weight is 334 g/mol. The van der Waals surface area contributed by atoms with E-state index in [9.17, 15) is 9.59 Å². The molecule has 0 aromatic heterocycles. The molecular weight excluding hydrogens is 304 g/mol. The molecule has 0 spiro atoms. The molecule has 0 saturated carbocycles. The van der Waals surface area contributed by atoms with Crippen molar-refractivity contribution in [2.75, 3.05) is 18.5 Å². The molecule has 24 heavy (non-hydrogen) atoms. The van der Waals surface area contributed by atoms with E-state index < -0.39 is 11.8 Å². The molecule has 0 atom stereocenters. The molecule has 0 radical (unpaired) electrons. The number of rotatable bonds is 11. The molecule has 0 aliphatic carbocycles. The summed E-state index contributed by atoms with van der Waals surface area (Å²) in [5.41, 5.74) is 0.584. The molecule has 2 N–H and O–H groups in total. The summed E-state index contributed by atoms with van der Waals surface area (Å²) in [6, 6.07) is 7.04. The van der Waals surface area contributed by atoms with Gasteiger partial charge < -0.3 is 15.4 Å². The van der Waals surface area contributed by atoms with Crippen LogP contribution in [-0.2, 0) is 9.59 Å². The molecule has 1 rings (SSSR count). The average Bonchev–Trinajstić information content (AvgIpc) is 2.59. The minimum Gasteiger partial charge on any atom is -0.494 e. The first kappa shape index (κ1) is 20.0. The van der Waals surface area contributed by atoms with Gasteiger partial charge in [0, 0.05) is 12.2 Å². The lowest BCUT2D eigenvalue weighted by Crippen LogP contribution is -2.35. The number of ether oxygens (including phenoxy) is 1. The number of carbonyl (C=O) groups excluding carboxylic acids is 2. The Morgan fingerprint density at radius 3 is 2.21 bits per heavy atom. The molecule has 5 heteroatoms. The van der Waals surface area contributed by atoms with Gasteiger partial charge in [-0.05, 0) is 37.1 Å². The number of amides is 2. The Morgan fingerprint density at radius 2 is 1.54 bits per heavy atom. The van der Waals surface area contributed by atoms with Crippen LogP contribution in [0.15, 0.2) is 24.3 Å². The van der Waals surface area contributed by atoms with Gasteiger partial charge in [0.25, 0.3) is 0 Å². The number of anilines is 1. The number of hydrogen-bond donors (Lipinski definition) is 2. The van der Waals surface area contributed by atoms with Crippen molar-refractivity contribution in [3.8, 4) is 5.75 Å². The molecule has 0 fully saturated rings. The minimum absolute atomic E-state index is 0.542. The summed E-state index contributed by atoms with van der Waals surface area (Å²) in [6.45, 7) is 5.50. The van der Waals surface area contributed by atoms with E-state index in [1.165, 1.54) is 19.3 Å². The fraction of sp³-hybridized carbons (Fsp3) is 0.579. The Morgan fingerprint density at radius 1 is 0.875 bits per heavy atom. The number of unbranched alkanes of at least 4 members (excludes halogenated alkanes) is 5. The lowest BCUT2D eigenvalue weighted by atomic mass is 10.1. The van der Waals surface area contributed by atoms with Crippen LogP contribution in [0.5, 0.6) is 5.75 Å². The maximum atomic E-state index is 11.8. The topological polar surface area (TPSA) is 67.4 Å². The first-order chi connectivity index (χ1) is 11.7. The number of hydrogen-bond acceptors (Lipinski definition) is 3. The van der Waals surface area contributed by atoms with Crippen molar-refractivity contribution in [1.29, 1.82) is 0 Å². The zero-order valence-electron chi connectivity index (χ0n) is 14.9. The van der Waals surface area contributed by atoms with Crippen molar-refractivity contribution < 1.29 is 14.3 Å². The van der Waals surface area contributed by atoms with E-state index in [0.717, 1.165) is 31.4 Å². The predicted molar refractivity (Wildman–Crippen MR) is 97.2 cm³/mol. The molecule has 1 aromatic rings. The van der Waals surface area contributed by atoms with E-state index in [0.29, 0.717) is 18.8 Å². The second-order valence-corrected chi connectivity index (χ2v) is 5.85. The van der Waals surface area contributed by atoms with E-state index in [2.05, 4.69) is 24.5 Å². The highest BCUT2D eigenvalue weighted by atomic mass is 16.5. The lowest BCUT2D eigenvalue weighted by molar-refractivity contribution is -0.136. The highest BCUT2D eigenvalue weighted by molar-refractivity contribution is 6.39.